The number of ether oxygens (including phenoxy) is 1. The van der Waals surface area contributed by atoms with Crippen molar-refractivity contribution in [3.8, 4) is 0 Å². The zero-order chi connectivity index (χ0) is 19.9. The van der Waals surface area contributed by atoms with E-state index in [0.717, 1.165) is 43.2 Å². The third kappa shape index (κ3) is 5.22. The standard InChI is InChI=1S/C23H32N2O3/c1-17(2)28-14-8-13-24-22(26)15-20-19-11-6-7-12-21(19)25(23(20)27)16-18-9-4-3-5-10-18/h3-5,9-10,17,21H,6-8,11-16H2,1-2H3,(H,24,26). The Morgan fingerprint density at radius 2 is 2.04 bits per heavy atom. The van der Waals surface area contributed by atoms with Crippen LogP contribution in [0.4, 0.5) is 0 Å². The van der Waals surface area contributed by atoms with Crippen LogP contribution in [0, 0.1) is 0 Å². The molecule has 28 heavy (non-hydrogen) atoms. The molecule has 1 unspecified atom stereocenters. The van der Waals surface area contributed by atoms with Crippen molar-refractivity contribution in [2.45, 2.75) is 71.1 Å². The van der Waals surface area contributed by atoms with Crippen molar-refractivity contribution in [1.82, 2.24) is 10.2 Å². The van der Waals surface area contributed by atoms with E-state index in [9.17, 15) is 9.59 Å². The van der Waals surface area contributed by atoms with Gasteiger partial charge < -0.3 is 15.0 Å². The first-order valence-electron chi connectivity index (χ1n) is 10.5. The molecule has 0 aromatic heterocycles. The Hall–Kier alpha value is -2.14. The van der Waals surface area contributed by atoms with Crippen molar-refractivity contribution in [1.29, 1.82) is 0 Å². The van der Waals surface area contributed by atoms with Crippen LogP contribution in [0.3, 0.4) is 0 Å². The van der Waals surface area contributed by atoms with Gasteiger partial charge in [-0.3, -0.25) is 9.59 Å². The van der Waals surface area contributed by atoms with Crippen LogP contribution in [0.1, 0.15) is 57.9 Å². The summed E-state index contributed by atoms with van der Waals surface area (Å²) in [7, 11) is 0. The van der Waals surface area contributed by atoms with Gasteiger partial charge in [-0.2, -0.15) is 0 Å². The topological polar surface area (TPSA) is 58.6 Å². The van der Waals surface area contributed by atoms with Crippen molar-refractivity contribution in [3.05, 3.63) is 47.0 Å². The number of nitrogens with one attached hydrogen (secondary N) is 1. The molecule has 1 aromatic carbocycles. The summed E-state index contributed by atoms with van der Waals surface area (Å²) in [5, 5.41) is 2.94. The van der Waals surface area contributed by atoms with E-state index in [4.69, 9.17) is 4.74 Å². The van der Waals surface area contributed by atoms with E-state index in [-0.39, 0.29) is 30.4 Å². The van der Waals surface area contributed by atoms with Crippen LogP contribution in [0.15, 0.2) is 41.5 Å². The fraction of sp³-hybridized carbons (Fsp3) is 0.565. The van der Waals surface area contributed by atoms with Gasteiger partial charge in [-0.05, 0) is 50.7 Å². The normalized spacial score (nSPS) is 19.3. The molecule has 0 saturated heterocycles. The number of fused-ring (bicyclic) bond motifs is 1. The molecule has 1 atom stereocenters. The Labute approximate surface area is 168 Å². The summed E-state index contributed by atoms with van der Waals surface area (Å²) >= 11 is 0. The van der Waals surface area contributed by atoms with Gasteiger partial charge in [-0.1, -0.05) is 36.8 Å². The Morgan fingerprint density at radius 3 is 2.79 bits per heavy atom. The highest BCUT2D eigenvalue weighted by Gasteiger charge is 2.40. The Bertz CT molecular complexity index is 712. The number of nitrogens with zero attached hydrogens (tertiary/aromatic N) is 1. The lowest BCUT2D eigenvalue weighted by atomic mass is 9.88. The molecular formula is C23H32N2O3. The van der Waals surface area contributed by atoms with E-state index in [1.165, 1.54) is 5.57 Å². The van der Waals surface area contributed by atoms with Crippen LogP contribution in [0.25, 0.3) is 0 Å². The highest BCUT2D eigenvalue weighted by Crippen LogP contribution is 2.38. The molecule has 1 heterocycles. The lowest BCUT2D eigenvalue weighted by molar-refractivity contribution is -0.129. The smallest absolute Gasteiger partial charge is 0.251 e. The largest absolute Gasteiger partial charge is 0.379 e. The van der Waals surface area contributed by atoms with E-state index in [1.54, 1.807) is 0 Å². The number of hydrogen-bond donors (Lipinski definition) is 1. The van der Waals surface area contributed by atoms with Crippen molar-refractivity contribution < 1.29 is 14.3 Å². The van der Waals surface area contributed by atoms with Gasteiger partial charge in [0, 0.05) is 25.3 Å². The first-order valence-corrected chi connectivity index (χ1v) is 10.5. The molecule has 0 bridgehead atoms. The van der Waals surface area contributed by atoms with Gasteiger partial charge in [0.15, 0.2) is 0 Å². The summed E-state index contributed by atoms with van der Waals surface area (Å²) in [6, 6.07) is 10.3. The Balaban J connectivity index is 1.59. The maximum atomic E-state index is 13.1. The van der Waals surface area contributed by atoms with Crippen molar-refractivity contribution >= 4 is 11.8 Å². The molecule has 1 fully saturated rings. The van der Waals surface area contributed by atoms with Crippen molar-refractivity contribution in [3.63, 3.8) is 0 Å². The number of amides is 2. The van der Waals surface area contributed by atoms with E-state index < -0.39 is 0 Å². The van der Waals surface area contributed by atoms with Gasteiger partial charge in [-0.15, -0.1) is 0 Å². The van der Waals surface area contributed by atoms with Gasteiger partial charge in [0.1, 0.15) is 0 Å². The maximum absolute atomic E-state index is 13.1. The molecule has 1 aromatic rings. The molecule has 0 spiro atoms. The second kappa shape index (κ2) is 9.87. The minimum Gasteiger partial charge on any atom is -0.379 e. The second-order valence-corrected chi connectivity index (χ2v) is 7.98. The third-order valence-electron chi connectivity index (χ3n) is 5.49. The van der Waals surface area contributed by atoms with E-state index in [0.29, 0.717) is 19.7 Å². The van der Waals surface area contributed by atoms with E-state index >= 15 is 0 Å². The highest BCUT2D eigenvalue weighted by atomic mass is 16.5. The first-order chi connectivity index (χ1) is 13.6. The van der Waals surface area contributed by atoms with Gasteiger partial charge in [-0.25, -0.2) is 0 Å². The third-order valence-corrected chi connectivity index (χ3v) is 5.49. The SMILES string of the molecule is CC(C)OCCCNC(=O)CC1=C2CCCCC2N(Cc2ccccc2)C1=O. The van der Waals surface area contributed by atoms with Crippen LogP contribution in [-0.4, -0.2) is 42.0 Å². The molecular weight excluding hydrogens is 352 g/mol. The fourth-order valence-electron chi connectivity index (χ4n) is 4.14. The highest BCUT2D eigenvalue weighted by molar-refractivity contribution is 6.02. The summed E-state index contributed by atoms with van der Waals surface area (Å²) in [6.45, 7) is 5.84. The molecule has 5 nitrogen and oxygen atoms in total. The number of hydrogen-bond acceptors (Lipinski definition) is 3. The predicted molar refractivity (Wildman–Crippen MR) is 110 cm³/mol. The first kappa shape index (κ1) is 20.6. The van der Waals surface area contributed by atoms with Gasteiger partial charge in [0.05, 0.1) is 18.6 Å². The summed E-state index contributed by atoms with van der Waals surface area (Å²) < 4.78 is 5.49. The lowest BCUT2D eigenvalue weighted by Crippen LogP contribution is -2.36. The maximum Gasteiger partial charge on any atom is 0.251 e. The summed E-state index contributed by atoms with van der Waals surface area (Å²) in [5.74, 6) is -0.0182. The van der Waals surface area contributed by atoms with E-state index in [2.05, 4.69) is 17.4 Å². The van der Waals surface area contributed by atoms with Crippen molar-refractivity contribution in [2.24, 2.45) is 0 Å². The average Bonchev–Trinajstić information content (AvgIpc) is 2.94. The molecule has 2 aliphatic rings. The molecule has 3 rings (SSSR count). The number of rotatable bonds is 9. The molecule has 1 N–H and O–H groups in total. The molecule has 152 valence electrons. The van der Waals surface area contributed by atoms with Crippen molar-refractivity contribution in [2.75, 3.05) is 13.2 Å². The van der Waals surface area contributed by atoms with Gasteiger partial charge in [0.2, 0.25) is 5.91 Å². The molecule has 1 saturated carbocycles. The Kier molecular flexibility index (Phi) is 7.26. The predicted octanol–water partition coefficient (Wildman–Crippen LogP) is 3.59. The number of benzene rings is 1. The monoisotopic (exact) mass is 384 g/mol. The second-order valence-electron chi connectivity index (χ2n) is 7.98. The molecule has 0 radical (unpaired) electrons. The summed E-state index contributed by atoms with van der Waals surface area (Å²) in [5.41, 5.74) is 3.07. The zero-order valence-electron chi connectivity index (χ0n) is 17.1. The average molecular weight is 385 g/mol. The van der Waals surface area contributed by atoms with Crippen LogP contribution < -0.4 is 5.32 Å². The minimum absolute atomic E-state index is 0.0454. The molecule has 1 aliphatic carbocycles. The van der Waals surface area contributed by atoms with Crippen LogP contribution in [-0.2, 0) is 20.9 Å². The number of carbonyl (C=O) groups excluding carboxylic acids is 2. The quantitative estimate of drug-likeness (QED) is 0.662. The molecule has 5 heteroatoms. The van der Waals surface area contributed by atoms with Crippen LogP contribution >= 0.6 is 0 Å². The molecule has 1 aliphatic heterocycles. The van der Waals surface area contributed by atoms with Crippen LogP contribution in [0.5, 0.6) is 0 Å². The summed E-state index contributed by atoms with van der Waals surface area (Å²) in [6.07, 6.45) is 5.38. The number of carbonyl (C=O) groups is 2. The molecule has 2 amide bonds. The fourth-order valence-corrected chi connectivity index (χ4v) is 4.14. The summed E-state index contributed by atoms with van der Waals surface area (Å²) in [4.78, 5) is 27.5. The van der Waals surface area contributed by atoms with Crippen LogP contribution in [0.2, 0.25) is 0 Å². The minimum atomic E-state index is -0.0636. The van der Waals surface area contributed by atoms with Gasteiger partial charge >= 0.3 is 0 Å². The van der Waals surface area contributed by atoms with E-state index in [1.807, 2.05) is 36.9 Å². The zero-order valence-corrected chi connectivity index (χ0v) is 17.1. The Morgan fingerprint density at radius 1 is 1.25 bits per heavy atom. The van der Waals surface area contributed by atoms with Gasteiger partial charge in [0.25, 0.3) is 5.91 Å². The lowest BCUT2D eigenvalue weighted by Gasteiger charge is -2.30.